The third-order valence-electron chi connectivity index (χ3n) is 4.04. The van der Waals surface area contributed by atoms with E-state index in [-0.39, 0.29) is 5.91 Å². The van der Waals surface area contributed by atoms with Gasteiger partial charge in [-0.05, 0) is 37.6 Å². The largest absolute Gasteiger partial charge is 0.336 e. The fraction of sp³-hybridized carbons (Fsp3) is 0.412. The number of aromatic nitrogens is 2. The van der Waals surface area contributed by atoms with E-state index in [4.69, 9.17) is 0 Å². The second-order valence-electron chi connectivity index (χ2n) is 5.82. The highest BCUT2D eigenvalue weighted by Gasteiger charge is 2.17. The first-order valence-corrected chi connectivity index (χ1v) is 7.73. The summed E-state index contributed by atoms with van der Waals surface area (Å²) in [6.45, 7) is 8.12. The monoisotopic (exact) mass is 298 g/mol. The molecule has 0 atom stereocenters. The maximum atomic E-state index is 12.4. The lowest BCUT2D eigenvalue weighted by atomic mass is 10.1. The minimum atomic E-state index is 0.124. The molecule has 1 aromatic heterocycles. The Hall–Kier alpha value is -2.14. The van der Waals surface area contributed by atoms with Gasteiger partial charge in [0.25, 0.3) is 5.91 Å². The van der Waals surface area contributed by atoms with Crippen LogP contribution in [0.15, 0.2) is 30.3 Å². The number of piperazine rings is 1. The van der Waals surface area contributed by atoms with Crippen molar-refractivity contribution in [1.29, 1.82) is 0 Å². The number of carbonyl (C=O) groups is 1. The molecule has 1 aromatic carbocycles. The minimum absolute atomic E-state index is 0.124. The molecule has 116 valence electrons. The Morgan fingerprint density at radius 2 is 1.86 bits per heavy atom. The number of rotatable bonds is 3. The Kier molecular flexibility index (Phi) is 4.24. The summed E-state index contributed by atoms with van der Waals surface area (Å²) in [5.74, 6) is 0.124. The summed E-state index contributed by atoms with van der Waals surface area (Å²) in [6.07, 6.45) is 0. The molecule has 2 aromatic rings. The van der Waals surface area contributed by atoms with Gasteiger partial charge in [-0.1, -0.05) is 12.1 Å². The van der Waals surface area contributed by atoms with Crippen molar-refractivity contribution in [1.82, 2.24) is 20.0 Å². The topological polar surface area (TPSA) is 50.2 Å². The summed E-state index contributed by atoms with van der Waals surface area (Å²) in [5.41, 5.74) is 4.10. The van der Waals surface area contributed by atoms with Crippen molar-refractivity contribution in [2.24, 2.45) is 0 Å². The molecule has 5 nitrogen and oxygen atoms in total. The zero-order valence-corrected chi connectivity index (χ0v) is 13.2. The van der Waals surface area contributed by atoms with Crippen molar-refractivity contribution < 1.29 is 4.79 Å². The molecular formula is C17H22N4O. The summed E-state index contributed by atoms with van der Waals surface area (Å²) in [7, 11) is 0. The van der Waals surface area contributed by atoms with E-state index in [1.807, 2.05) is 40.8 Å². The van der Waals surface area contributed by atoms with Gasteiger partial charge in [-0.2, -0.15) is 5.10 Å². The lowest BCUT2D eigenvalue weighted by Crippen LogP contribution is -2.46. The molecule has 1 amide bonds. The fourth-order valence-electron chi connectivity index (χ4n) is 2.81. The van der Waals surface area contributed by atoms with Gasteiger partial charge in [0.05, 0.1) is 12.2 Å². The molecule has 3 rings (SSSR count). The van der Waals surface area contributed by atoms with Crippen LogP contribution in [0.4, 0.5) is 0 Å². The van der Waals surface area contributed by atoms with Gasteiger partial charge in [0, 0.05) is 37.4 Å². The highest BCUT2D eigenvalue weighted by molar-refractivity contribution is 5.94. The van der Waals surface area contributed by atoms with E-state index in [0.29, 0.717) is 0 Å². The fourth-order valence-corrected chi connectivity index (χ4v) is 2.81. The molecule has 0 spiro atoms. The number of aryl methyl sites for hydroxylation is 2. The molecule has 22 heavy (non-hydrogen) atoms. The van der Waals surface area contributed by atoms with Crippen molar-refractivity contribution in [2.45, 2.75) is 20.4 Å². The minimum Gasteiger partial charge on any atom is -0.336 e. The lowest BCUT2D eigenvalue weighted by Gasteiger charge is -2.27. The van der Waals surface area contributed by atoms with Gasteiger partial charge in [-0.15, -0.1) is 0 Å². The van der Waals surface area contributed by atoms with Crippen molar-refractivity contribution in [3.63, 3.8) is 0 Å². The quantitative estimate of drug-likeness (QED) is 0.936. The van der Waals surface area contributed by atoms with Crippen LogP contribution >= 0.6 is 0 Å². The van der Waals surface area contributed by atoms with Gasteiger partial charge in [0.15, 0.2) is 0 Å². The van der Waals surface area contributed by atoms with Gasteiger partial charge in [-0.25, -0.2) is 0 Å². The number of nitrogens with zero attached hydrogens (tertiary/aromatic N) is 3. The molecule has 1 aliphatic rings. The number of amides is 1. The summed E-state index contributed by atoms with van der Waals surface area (Å²) >= 11 is 0. The number of carbonyl (C=O) groups excluding carboxylic acids is 1. The highest BCUT2D eigenvalue weighted by atomic mass is 16.2. The van der Waals surface area contributed by atoms with E-state index in [2.05, 4.69) is 23.4 Å². The van der Waals surface area contributed by atoms with E-state index >= 15 is 0 Å². The summed E-state index contributed by atoms with van der Waals surface area (Å²) in [4.78, 5) is 14.3. The first-order valence-electron chi connectivity index (χ1n) is 7.73. The zero-order chi connectivity index (χ0) is 15.5. The van der Waals surface area contributed by atoms with Crippen LogP contribution in [-0.2, 0) is 6.54 Å². The van der Waals surface area contributed by atoms with Gasteiger partial charge in [0.1, 0.15) is 0 Å². The molecule has 1 saturated heterocycles. The predicted molar refractivity (Wildman–Crippen MR) is 86.0 cm³/mol. The molecule has 1 aliphatic heterocycles. The maximum absolute atomic E-state index is 12.4. The Bertz CT molecular complexity index is 654. The molecule has 0 saturated carbocycles. The number of hydrogen-bond donors (Lipinski definition) is 1. The van der Waals surface area contributed by atoms with E-state index in [0.717, 1.165) is 55.2 Å². The average molecular weight is 298 g/mol. The van der Waals surface area contributed by atoms with E-state index in [1.165, 1.54) is 0 Å². The Balaban J connectivity index is 1.69. The van der Waals surface area contributed by atoms with Crippen LogP contribution < -0.4 is 5.32 Å². The van der Waals surface area contributed by atoms with Crippen LogP contribution in [0.3, 0.4) is 0 Å². The first kappa shape index (κ1) is 14.8. The second kappa shape index (κ2) is 6.32. The smallest absolute Gasteiger partial charge is 0.253 e. The summed E-state index contributed by atoms with van der Waals surface area (Å²) in [6, 6.07) is 9.96. The number of hydrogen-bond acceptors (Lipinski definition) is 3. The maximum Gasteiger partial charge on any atom is 0.253 e. The van der Waals surface area contributed by atoms with Crippen LogP contribution in [0.25, 0.3) is 0 Å². The van der Waals surface area contributed by atoms with E-state index in [1.54, 1.807) is 0 Å². The molecule has 0 bridgehead atoms. The van der Waals surface area contributed by atoms with Crippen LogP contribution in [0, 0.1) is 13.8 Å². The van der Waals surface area contributed by atoms with Gasteiger partial charge < -0.3 is 10.2 Å². The number of nitrogens with one attached hydrogen (secondary N) is 1. The van der Waals surface area contributed by atoms with Crippen molar-refractivity contribution in [2.75, 3.05) is 26.2 Å². The van der Waals surface area contributed by atoms with Crippen molar-refractivity contribution in [3.05, 3.63) is 52.8 Å². The summed E-state index contributed by atoms with van der Waals surface area (Å²) < 4.78 is 1.99. The third-order valence-corrected chi connectivity index (χ3v) is 4.04. The molecule has 0 radical (unpaired) electrons. The van der Waals surface area contributed by atoms with Crippen LogP contribution in [0.2, 0.25) is 0 Å². The molecule has 0 aliphatic carbocycles. The van der Waals surface area contributed by atoms with E-state index in [9.17, 15) is 4.79 Å². The predicted octanol–water partition coefficient (Wildman–Crippen LogP) is 1.59. The molecule has 5 heteroatoms. The van der Waals surface area contributed by atoms with Crippen LogP contribution in [-0.4, -0.2) is 46.8 Å². The lowest BCUT2D eigenvalue weighted by molar-refractivity contribution is 0.0736. The standard InChI is InChI=1S/C17H22N4O/c1-13-11-14(2)21(19-13)12-15-3-5-16(6-4-15)17(22)20-9-7-18-8-10-20/h3-6,11,18H,7-10,12H2,1-2H3. The second-order valence-corrected chi connectivity index (χ2v) is 5.82. The van der Waals surface area contributed by atoms with Crippen molar-refractivity contribution >= 4 is 5.91 Å². The van der Waals surface area contributed by atoms with Crippen molar-refractivity contribution in [3.8, 4) is 0 Å². The van der Waals surface area contributed by atoms with Crippen LogP contribution in [0.1, 0.15) is 27.3 Å². The molecule has 2 heterocycles. The molecule has 1 N–H and O–H groups in total. The van der Waals surface area contributed by atoms with Gasteiger partial charge in [0.2, 0.25) is 0 Å². The van der Waals surface area contributed by atoms with Gasteiger partial charge in [-0.3, -0.25) is 9.48 Å². The van der Waals surface area contributed by atoms with Crippen LogP contribution in [0.5, 0.6) is 0 Å². The van der Waals surface area contributed by atoms with E-state index < -0.39 is 0 Å². The zero-order valence-electron chi connectivity index (χ0n) is 13.2. The Labute approximate surface area is 130 Å². The molecule has 1 fully saturated rings. The first-order chi connectivity index (χ1) is 10.6. The normalized spacial score (nSPS) is 15.1. The molecular weight excluding hydrogens is 276 g/mol. The third kappa shape index (κ3) is 3.20. The summed E-state index contributed by atoms with van der Waals surface area (Å²) in [5, 5.41) is 7.73. The number of benzene rings is 1. The Morgan fingerprint density at radius 3 is 2.45 bits per heavy atom. The SMILES string of the molecule is Cc1cc(C)n(Cc2ccc(C(=O)N3CCNCC3)cc2)n1. The van der Waals surface area contributed by atoms with Gasteiger partial charge >= 0.3 is 0 Å². The Morgan fingerprint density at radius 1 is 1.18 bits per heavy atom. The molecule has 0 unspecified atom stereocenters. The highest BCUT2D eigenvalue weighted by Crippen LogP contribution is 2.11. The average Bonchev–Trinajstić information content (AvgIpc) is 2.86.